The zero-order chi connectivity index (χ0) is 26.5. The van der Waals surface area contributed by atoms with Gasteiger partial charge in [0.15, 0.2) is 0 Å². The summed E-state index contributed by atoms with van der Waals surface area (Å²) >= 11 is 3.30. The number of hydrogen-bond donors (Lipinski definition) is 2. The maximum atomic E-state index is 13.6. The van der Waals surface area contributed by atoms with Gasteiger partial charge in [-0.15, -0.1) is 0 Å². The highest BCUT2D eigenvalue weighted by molar-refractivity contribution is 9.10. The number of halogens is 1. The van der Waals surface area contributed by atoms with Crippen LogP contribution in [-0.2, 0) is 23.4 Å². The van der Waals surface area contributed by atoms with Gasteiger partial charge in [0.1, 0.15) is 18.0 Å². The maximum Gasteiger partial charge on any atom is 0.459 e. The molecule has 0 spiro atoms. The van der Waals surface area contributed by atoms with Gasteiger partial charge in [0.25, 0.3) is 5.56 Å². The molecule has 2 aromatic rings. The Kier molecular flexibility index (Phi) is 9.12. The second kappa shape index (κ2) is 11.9. The first-order valence-electron chi connectivity index (χ1n) is 10.6. The molecule has 0 radical (unpaired) electrons. The van der Waals surface area contributed by atoms with Crippen molar-refractivity contribution in [3.8, 4) is 5.75 Å². The Morgan fingerprint density at radius 1 is 1.42 bits per heavy atom. The molecule has 1 aliphatic heterocycles. The van der Waals surface area contributed by atoms with Gasteiger partial charge < -0.3 is 14.0 Å². The molecule has 1 aromatic carbocycles. The molecule has 1 fully saturated rings. The number of nitrogens with one attached hydrogen (secondary N) is 2. The first-order chi connectivity index (χ1) is 17.0. The molecule has 3 rings (SSSR count). The summed E-state index contributed by atoms with van der Waals surface area (Å²) in [4.78, 5) is 40.9. The quantitative estimate of drug-likeness (QED) is 0.139. The number of methoxy groups -OCH3 is 1. The van der Waals surface area contributed by atoms with Crippen LogP contribution in [0.25, 0.3) is 10.4 Å². The standard InChI is InChI=1S/C20H24BrN6O8P/c1-11-9-27(20(30)23-18(11)28)17-8-15(24-26-22)16(34-17)10-33-36(31,25-12(2)19(29)32-3)35-14-6-4-13(21)5-7-14/h4-7,9,12,15-17H,8,10H2,1-3H3,(H,25,31)(H,23,28,30)/t12?,15-,16-,17-,36?/m1/s1. The highest BCUT2D eigenvalue weighted by atomic mass is 79.9. The number of aromatic amines is 1. The lowest BCUT2D eigenvalue weighted by Crippen LogP contribution is -2.36. The van der Waals surface area contributed by atoms with Crippen LogP contribution in [0.15, 0.2) is 49.6 Å². The van der Waals surface area contributed by atoms with Crippen LogP contribution in [0.2, 0.25) is 0 Å². The van der Waals surface area contributed by atoms with Crippen LogP contribution in [0.5, 0.6) is 5.75 Å². The number of esters is 1. The van der Waals surface area contributed by atoms with Crippen molar-refractivity contribution in [2.45, 2.75) is 44.7 Å². The van der Waals surface area contributed by atoms with Crippen LogP contribution in [0.1, 0.15) is 25.1 Å². The van der Waals surface area contributed by atoms with Gasteiger partial charge in [0.05, 0.1) is 25.9 Å². The fourth-order valence-electron chi connectivity index (χ4n) is 3.39. The number of benzene rings is 1. The van der Waals surface area contributed by atoms with E-state index in [4.69, 9.17) is 19.3 Å². The molecule has 0 amide bonds. The number of azide groups is 1. The molecule has 36 heavy (non-hydrogen) atoms. The highest BCUT2D eigenvalue weighted by Crippen LogP contribution is 2.46. The van der Waals surface area contributed by atoms with E-state index in [1.54, 1.807) is 24.3 Å². The molecule has 1 aromatic heterocycles. The Labute approximate surface area is 213 Å². The molecule has 194 valence electrons. The molecule has 2 heterocycles. The summed E-state index contributed by atoms with van der Waals surface area (Å²) in [7, 11) is -3.01. The third-order valence-electron chi connectivity index (χ3n) is 5.21. The predicted octanol–water partition coefficient (Wildman–Crippen LogP) is 2.93. The van der Waals surface area contributed by atoms with Crippen LogP contribution >= 0.6 is 23.7 Å². The first-order valence-corrected chi connectivity index (χ1v) is 13.0. The predicted molar refractivity (Wildman–Crippen MR) is 130 cm³/mol. The number of H-pyrrole nitrogens is 1. The number of aromatic nitrogens is 2. The van der Waals surface area contributed by atoms with Gasteiger partial charge in [-0.2, -0.15) is 5.09 Å². The minimum absolute atomic E-state index is 0.0906. The van der Waals surface area contributed by atoms with E-state index in [0.29, 0.717) is 0 Å². The van der Waals surface area contributed by atoms with Gasteiger partial charge >= 0.3 is 19.4 Å². The number of hydrogen-bond acceptors (Lipinski definition) is 9. The molecule has 0 saturated carbocycles. The Morgan fingerprint density at radius 2 is 2.11 bits per heavy atom. The van der Waals surface area contributed by atoms with Crippen molar-refractivity contribution in [2.75, 3.05) is 13.7 Å². The van der Waals surface area contributed by atoms with Gasteiger partial charge in [-0.1, -0.05) is 21.0 Å². The monoisotopic (exact) mass is 586 g/mol. The van der Waals surface area contributed by atoms with E-state index < -0.39 is 49.4 Å². The summed E-state index contributed by atoms with van der Waals surface area (Å²) < 4.78 is 37.2. The number of ether oxygens (including phenoxy) is 2. The minimum Gasteiger partial charge on any atom is -0.468 e. The van der Waals surface area contributed by atoms with Crippen LogP contribution in [0.3, 0.4) is 0 Å². The number of rotatable bonds is 10. The van der Waals surface area contributed by atoms with Crippen molar-refractivity contribution in [3.05, 3.63) is 71.8 Å². The van der Waals surface area contributed by atoms with E-state index >= 15 is 0 Å². The van der Waals surface area contributed by atoms with Crippen molar-refractivity contribution in [2.24, 2.45) is 5.11 Å². The number of carbonyl (C=O) groups is 1. The number of carbonyl (C=O) groups excluding carboxylic acids is 1. The zero-order valence-corrected chi connectivity index (χ0v) is 22.0. The van der Waals surface area contributed by atoms with E-state index in [0.717, 1.165) is 4.47 Å². The fourth-order valence-corrected chi connectivity index (χ4v) is 5.15. The second-order valence-corrected chi connectivity index (χ2v) is 10.4. The van der Waals surface area contributed by atoms with Crippen molar-refractivity contribution in [1.82, 2.24) is 14.6 Å². The van der Waals surface area contributed by atoms with Crippen molar-refractivity contribution < 1.29 is 27.9 Å². The molecule has 0 bridgehead atoms. The minimum atomic E-state index is -4.19. The van der Waals surface area contributed by atoms with Crippen molar-refractivity contribution >= 4 is 29.6 Å². The maximum absolute atomic E-state index is 13.6. The summed E-state index contributed by atoms with van der Waals surface area (Å²) in [5.41, 5.74) is 8.04. The Balaban J connectivity index is 1.82. The lowest BCUT2D eigenvalue weighted by atomic mass is 10.1. The molecular weight excluding hydrogens is 563 g/mol. The average molecular weight is 587 g/mol. The Morgan fingerprint density at radius 3 is 2.75 bits per heavy atom. The van der Waals surface area contributed by atoms with Crippen molar-refractivity contribution in [3.63, 3.8) is 0 Å². The smallest absolute Gasteiger partial charge is 0.459 e. The molecule has 2 unspecified atom stereocenters. The van der Waals surface area contributed by atoms with Gasteiger partial charge in [0.2, 0.25) is 0 Å². The average Bonchev–Trinajstić information content (AvgIpc) is 3.23. The third kappa shape index (κ3) is 6.84. The van der Waals surface area contributed by atoms with E-state index in [1.165, 1.54) is 31.7 Å². The van der Waals surface area contributed by atoms with Gasteiger partial charge in [-0.05, 0) is 43.6 Å². The van der Waals surface area contributed by atoms with Gasteiger partial charge in [0, 0.05) is 27.6 Å². The SMILES string of the molecule is COC(=O)C(C)NP(=O)(OC[C@H]1O[C@@H](n2cc(C)c(=O)[nH]c2=O)C[C@H]1N=[N+]=[N-])Oc1ccc(Br)cc1. The summed E-state index contributed by atoms with van der Waals surface area (Å²) in [6.45, 7) is 2.56. The van der Waals surface area contributed by atoms with Gasteiger partial charge in [-0.3, -0.25) is 23.7 Å². The number of aryl methyl sites for hydroxylation is 1. The summed E-state index contributed by atoms with van der Waals surface area (Å²) in [6, 6.07) is 4.56. The molecule has 1 aliphatic rings. The first kappa shape index (κ1) is 27.7. The molecule has 16 heteroatoms. The Hall–Kier alpha value is -2.93. The van der Waals surface area contributed by atoms with E-state index in [-0.39, 0.29) is 24.3 Å². The molecule has 2 N–H and O–H groups in total. The normalized spacial score (nSPS) is 21.7. The lowest BCUT2D eigenvalue weighted by molar-refractivity contribution is -0.142. The van der Waals surface area contributed by atoms with Crippen LogP contribution in [0.4, 0.5) is 0 Å². The third-order valence-corrected chi connectivity index (χ3v) is 7.39. The molecular formula is C20H24BrN6O8P. The Bertz CT molecular complexity index is 1310. The van der Waals surface area contributed by atoms with E-state index in [9.17, 15) is 18.9 Å². The fraction of sp³-hybridized carbons (Fsp3) is 0.450. The topological polar surface area (TPSA) is 187 Å². The molecule has 14 nitrogen and oxygen atoms in total. The second-order valence-electron chi connectivity index (χ2n) is 7.83. The summed E-state index contributed by atoms with van der Waals surface area (Å²) in [6.07, 6.45) is -0.385. The van der Waals surface area contributed by atoms with E-state index in [2.05, 4.69) is 40.8 Å². The van der Waals surface area contributed by atoms with E-state index in [1.807, 2.05) is 0 Å². The van der Waals surface area contributed by atoms with Gasteiger partial charge in [-0.25, -0.2) is 9.36 Å². The lowest BCUT2D eigenvalue weighted by Gasteiger charge is -2.24. The summed E-state index contributed by atoms with van der Waals surface area (Å²) in [5.74, 6) is -0.506. The van der Waals surface area contributed by atoms with Crippen molar-refractivity contribution in [1.29, 1.82) is 0 Å². The molecule has 5 atom stereocenters. The van der Waals surface area contributed by atoms with Crippen LogP contribution < -0.4 is 20.9 Å². The summed E-state index contributed by atoms with van der Waals surface area (Å²) in [5, 5.41) is 6.22. The van der Waals surface area contributed by atoms with Crippen LogP contribution in [-0.4, -0.2) is 47.4 Å². The molecule has 1 saturated heterocycles. The van der Waals surface area contributed by atoms with Crippen LogP contribution in [0, 0.1) is 6.92 Å². The number of nitrogens with zero attached hydrogens (tertiary/aromatic N) is 4. The molecule has 0 aliphatic carbocycles. The zero-order valence-electron chi connectivity index (χ0n) is 19.5. The highest BCUT2D eigenvalue weighted by Gasteiger charge is 2.40. The largest absolute Gasteiger partial charge is 0.468 e.